The molecule has 1 saturated carbocycles. The molecular weight excluding hydrogens is 154 g/mol. The second-order valence-corrected chi connectivity index (χ2v) is 3.64. The summed E-state index contributed by atoms with van der Waals surface area (Å²) < 4.78 is 0. The fraction of sp³-hybridized carbons (Fsp3) is 0.875. The fourth-order valence-corrected chi connectivity index (χ4v) is 1.84. The highest BCUT2D eigenvalue weighted by Crippen LogP contribution is 2.40. The maximum absolute atomic E-state index is 11.3. The van der Waals surface area contributed by atoms with Crippen LogP contribution in [-0.4, -0.2) is 31.1 Å². The standard InChI is InChI=1S/C8H15N3O/c9-1-2-10-8(12)7-4-5-3-6(5)11-7/h5-7,11H,1-4,9H2,(H,10,12)/t5-,6-,7+/m1/s1. The Labute approximate surface area is 71.9 Å². The molecule has 0 radical (unpaired) electrons. The zero-order chi connectivity index (χ0) is 8.55. The maximum atomic E-state index is 11.3. The van der Waals surface area contributed by atoms with Crippen LogP contribution in [0.2, 0.25) is 0 Å². The molecule has 4 N–H and O–H groups in total. The van der Waals surface area contributed by atoms with Crippen molar-refractivity contribution in [3.05, 3.63) is 0 Å². The monoisotopic (exact) mass is 169 g/mol. The quantitative estimate of drug-likeness (QED) is 0.498. The Morgan fingerprint density at radius 1 is 1.58 bits per heavy atom. The van der Waals surface area contributed by atoms with Crippen molar-refractivity contribution < 1.29 is 4.79 Å². The molecule has 12 heavy (non-hydrogen) atoms. The molecule has 0 unspecified atom stereocenters. The molecule has 1 heterocycles. The summed E-state index contributed by atoms with van der Waals surface area (Å²) in [5.41, 5.74) is 5.28. The van der Waals surface area contributed by atoms with Crippen molar-refractivity contribution in [1.29, 1.82) is 0 Å². The van der Waals surface area contributed by atoms with E-state index in [4.69, 9.17) is 5.73 Å². The van der Waals surface area contributed by atoms with Gasteiger partial charge in [-0.25, -0.2) is 0 Å². The molecule has 1 saturated heterocycles. The Morgan fingerprint density at radius 3 is 3.00 bits per heavy atom. The molecule has 0 aromatic heterocycles. The van der Waals surface area contributed by atoms with Gasteiger partial charge < -0.3 is 16.4 Å². The molecule has 2 fully saturated rings. The molecule has 0 aromatic carbocycles. The number of nitrogens with two attached hydrogens (primary N) is 1. The summed E-state index contributed by atoms with van der Waals surface area (Å²) in [5, 5.41) is 6.07. The van der Waals surface area contributed by atoms with E-state index in [0.717, 1.165) is 12.3 Å². The van der Waals surface area contributed by atoms with Crippen LogP contribution in [0.5, 0.6) is 0 Å². The number of nitrogens with one attached hydrogen (secondary N) is 2. The normalized spacial score (nSPS) is 37.6. The number of hydrogen-bond donors (Lipinski definition) is 3. The highest BCUT2D eigenvalue weighted by Gasteiger charge is 2.47. The highest BCUT2D eigenvalue weighted by atomic mass is 16.2. The fourth-order valence-electron chi connectivity index (χ4n) is 1.84. The van der Waals surface area contributed by atoms with Gasteiger partial charge in [0.1, 0.15) is 0 Å². The minimum atomic E-state index is 0.0558. The lowest BCUT2D eigenvalue weighted by Crippen LogP contribution is -2.43. The lowest BCUT2D eigenvalue weighted by Gasteiger charge is -2.12. The Hall–Kier alpha value is -0.610. The summed E-state index contributed by atoms with van der Waals surface area (Å²) in [6, 6.07) is 0.693. The van der Waals surface area contributed by atoms with Crippen molar-refractivity contribution in [2.24, 2.45) is 11.7 Å². The number of carbonyl (C=O) groups excluding carboxylic acids is 1. The first kappa shape index (κ1) is 8.01. The Bertz CT molecular complexity index is 185. The van der Waals surface area contributed by atoms with E-state index in [1.807, 2.05) is 0 Å². The summed E-state index contributed by atoms with van der Waals surface area (Å²) in [7, 11) is 0. The van der Waals surface area contributed by atoms with Gasteiger partial charge in [0.15, 0.2) is 0 Å². The van der Waals surface area contributed by atoms with Gasteiger partial charge in [0.2, 0.25) is 5.91 Å². The first-order valence-electron chi connectivity index (χ1n) is 4.55. The van der Waals surface area contributed by atoms with Crippen molar-refractivity contribution >= 4 is 5.91 Å². The van der Waals surface area contributed by atoms with Crippen LogP contribution >= 0.6 is 0 Å². The molecular formula is C8H15N3O. The minimum Gasteiger partial charge on any atom is -0.353 e. The molecule has 2 aliphatic rings. The summed E-state index contributed by atoms with van der Waals surface area (Å²) in [4.78, 5) is 11.3. The minimum absolute atomic E-state index is 0.0558. The van der Waals surface area contributed by atoms with Crippen molar-refractivity contribution in [3.8, 4) is 0 Å². The van der Waals surface area contributed by atoms with E-state index in [0.29, 0.717) is 19.1 Å². The first-order chi connectivity index (χ1) is 5.81. The predicted molar refractivity (Wildman–Crippen MR) is 45.5 cm³/mol. The topological polar surface area (TPSA) is 67.1 Å². The maximum Gasteiger partial charge on any atom is 0.237 e. The predicted octanol–water partition coefficient (Wildman–Crippen LogP) is -1.19. The number of fused-ring (bicyclic) bond motifs is 1. The van der Waals surface area contributed by atoms with Gasteiger partial charge in [-0.1, -0.05) is 0 Å². The zero-order valence-electron chi connectivity index (χ0n) is 7.05. The van der Waals surface area contributed by atoms with E-state index in [1.165, 1.54) is 6.42 Å². The van der Waals surface area contributed by atoms with Crippen LogP contribution < -0.4 is 16.4 Å². The average Bonchev–Trinajstić information content (AvgIpc) is 2.69. The van der Waals surface area contributed by atoms with Gasteiger partial charge in [0.25, 0.3) is 0 Å². The van der Waals surface area contributed by atoms with Crippen LogP contribution in [0.15, 0.2) is 0 Å². The van der Waals surface area contributed by atoms with Crippen molar-refractivity contribution in [3.63, 3.8) is 0 Å². The summed E-state index contributed by atoms with van der Waals surface area (Å²) >= 11 is 0. The highest BCUT2D eigenvalue weighted by molar-refractivity contribution is 5.82. The summed E-state index contributed by atoms with van der Waals surface area (Å²) in [6.45, 7) is 1.11. The van der Waals surface area contributed by atoms with Gasteiger partial charge in [-0.2, -0.15) is 0 Å². The summed E-state index contributed by atoms with van der Waals surface area (Å²) in [6.07, 6.45) is 2.28. The molecule has 0 aromatic rings. The van der Waals surface area contributed by atoms with Crippen LogP contribution in [0, 0.1) is 5.92 Å². The van der Waals surface area contributed by atoms with Gasteiger partial charge in [0, 0.05) is 19.1 Å². The number of amides is 1. The third-order valence-corrected chi connectivity index (χ3v) is 2.64. The van der Waals surface area contributed by atoms with Crippen LogP contribution in [0.4, 0.5) is 0 Å². The number of carbonyl (C=O) groups is 1. The van der Waals surface area contributed by atoms with E-state index in [1.54, 1.807) is 0 Å². The van der Waals surface area contributed by atoms with Gasteiger partial charge in [-0.3, -0.25) is 4.79 Å². The average molecular weight is 169 g/mol. The molecule has 1 amide bonds. The SMILES string of the molecule is NCCNC(=O)[C@@H]1C[C@H]2C[C@H]2N1. The number of rotatable bonds is 3. The van der Waals surface area contributed by atoms with Crippen LogP contribution in [0.3, 0.4) is 0 Å². The lowest BCUT2D eigenvalue weighted by molar-refractivity contribution is -0.122. The molecule has 1 aliphatic heterocycles. The van der Waals surface area contributed by atoms with E-state index >= 15 is 0 Å². The molecule has 0 spiro atoms. The third-order valence-electron chi connectivity index (χ3n) is 2.64. The smallest absolute Gasteiger partial charge is 0.237 e. The van der Waals surface area contributed by atoms with Crippen molar-refractivity contribution in [2.45, 2.75) is 24.9 Å². The number of hydrogen-bond acceptors (Lipinski definition) is 3. The van der Waals surface area contributed by atoms with E-state index in [-0.39, 0.29) is 11.9 Å². The second kappa shape index (κ2) is 3.03. The Morgan fingerprint density at radius 2 is 2.42 bits per heavy atom. The molecule has 4 heteroatoms. The van der Waals surface area contributed by atoms with Gasteiger partial charge in [0.05, 0.1) is 6.04 Å². The molecule has 1 aliphatic carbocycles. The zero-order valence-corrected chi connectivity index (χ0v) is 7.05. The van der Waals surface area contributed by atoms with Gasteiger partial charge in [-0.05, 0) is 18.8 Å². The van der Waals surface area contributed by atoms with E-state index in [9.17, 15) is 4.79 Å². The molecule has 68 valence electrons. The first-order valence-corrected chi connectivity index (χ1v) is 4.55. The molecule has 3 atom stereocenters. The van der Waals surface area contributed by atoms with Crippen LogP contribution in [-0.2, 0) is 4.79 Å². The van der Waals surface area contributed by atoms with Crippen molar-refractivity contribution in [2.75, 3.05) is 13.1 Å². The second-order valence-electron chi connectivity index (χ2n) is 3.64. The summed E-state index contributed by atoms with van der Waals surface area (Å²) in [5.74, 6) is 0.895. The van der Waals surface area contributed by atoms with Gasteiger partial charge >= 0.3 is 0 Å². The van der Waals surface area contributed by atoms with Crippen LogP contribution in [0.25, 0.3) is 0 Å². The molecule has 0 bridgehead atoms. The van der Waals surface area contributed by atoms with Crippen LogP contribution in [0.1, 0.15) is 12.8 Å². The van der Waals surface area contributed by atoms with E-state index < -0.39 is 0 Å². The van der Waals surface area contributed by atoms with E-state index in [2.05, 4.69) is 10.6 Å². The number of piperidine rings is 1. The third kappa shape index (κ3) is 1.44. The largest absolute Gasteiger partial charge is 0.353 e. The molecule has 4 nitrogen and oxygen atoms in total. The van der Waals surface area contributed by atoms with Gasteiger partial charge in [-0.15, -0.1) is 0 Å². The Kier molecular flexibility index (Phi) is 2.02. The lowest BCUT2D eigenvalue weighted by atomic mass is 10.2. The van der Waals surface area contributed by atoms with Crippen molar-refractivity contribution in [1.82, 2.24) is 10.6 Å². The Balaban J connectivity index is 1.73. The molecule has 2 rings (SSSR count).